The molecule has 0 aromatic heterocycles. The SMILES string of the molecule is O=[N+]([O-])c1c(-c2ccccc2OC(F)(F)F)cccc1C(F)(F)F. The van der Waals surface area contributed by atoms with Gasteiger partial charge < -0.3 is 4.74 Å². The molecule has 2 aromatic rings. The van der Waals surface area contributed by atoms with E-state index in [2.05, 4.69) is 4.74 Å². The number of hydrogen-bond donors (Lipinski definition) is 0. The van der Waals surface area contributed by atoms with Crippen LogP contribution in [0.3, 0.4) is 0 Å². The Bertz CT molecular complexity index is 770. The smallest absolute Gasteiger partial charge is 0.405 e. The van der Waals surface area contributed by atoms with Gasteiger partial charge in [-0.1, -0.05) is 24.3 Å². The zero-order chi connectivity index (χ0) is 18.1. The zero-order valence-corrected chi connectivity index (χ0v) is 11.5. The van der Waals surface area contributed by atoms with Crippen LogP contribution < -0.4 is 4.74 Å². The third kappa shape index (κ3) is 3.76. The van der Waals surface area contributed by atoms with Gasteiger partial charge in [0, 0.05) is 5.56 Å². The van der Waals surface area contributed by atoms with E-state index in [-0.39, 0.29) is 0 Å². The molecule has 0 atom stereocenters. The number of ether oxygens (including phenoxy) is 1. The highest BCUT2D eigenvalue weighted by Gasteiger charge is 2.40. The van der Waals surface area contributed by atoms with E-state index in [0.717, 1.165) is 30.3 Å². The van der Waals surface area contributed by atoms with Gasteiger partial charge in [0.2, 0.25) is 0 Å². The highest BCUT2D eigenvalue weighted by atomic mass is 19.4. The summed E-state index contributed by atoms with van der Waals surface area (Å²) >= 11 is 0. The molecule has 0 heterocycles. The summed E-state index contributed by atoms with van der Waals surface area (Å²) in [6.45, 7) is 0. The van der Waals surface area contributed by atoms with Crippen LogP contribution in [0, 0.1) is 10.1 Å². The number of nitro groups is 1. The van der Waals surface area contributed by atoms with E-state index in [0.29, 0.717) is 6.07 Å². The first-order chi connectivity index (χ1) is 11.0. The lowest BCUT2D eigenvalue weighted by molar-refractivity contribution is -0.387. The molecule has 0 aliphatic rings. The van der Waals surface area contributed by atoms with Crippen molar-refractivity contribution in [1.82, 2.24) is 0 Å². The van der Waals surface area contributed by atoms with Crippen LogP contribution in [0.5, 0.6) is 5.75 Å². The normalized spacial score (nSPS) is 12.1. The fraction of sp³-hybridized carbons (Fsp3) is 0.143. The molecule has 0 saturated carbocycles. The van der Waals surface area contributed by atoms with Crippen LogP contribution >= 0.6 is 0 Å². The minimum Gasteiger partial charge on any atom is -0.405 e. The maximum Gasteiger partial charge on any atom is 0.573 e. The third-order valence-electron chi connectivity index (χ3n) is 2.93. The topological polar surface area (TPSA) is 52.4 Å². The predicted molar refractivity (Wildman–Crippen MR) is 70.2 cm³/mol. The van der Waals surface area contributed by atoms with E-state index in [9.17, 15) is 36.5 Å². The van der Waals surface area contributed by atoms with Gasteiger partial charge in [-0.05, 0) is 18.2 Å². The summed E-state index contributed by atoms with van der Waals surface area (Å²) in [5, 5.41) is 11.1. The van der Waals surface area contributed by atoms with Gasteiger partial charge in [-0.2, -0.15) is 13.2 Å². The molecule has 0 N–H and O–H groups in total. The Kier molecular flexibility index (Phi) is 4.41. The molecule has 0 amide bonds. The Morgan fingerprint density at radius 2 is 1.46 bits per heavy atom. The number of halogens is 6. The van der Waals surface area contributed by atoms with Gasteiger partial charge in [-0.25, -0.2) is 0 Å². The van der Waals surface area contributed by atoms with E-state index in [1.54, 1.807) is 0 Å². The summed E-state index contributed by atoms with van der Waals surface area (Å²) in [5.74, 6) is -0.840. The minimum atomic E-state index is -5.10. The Hall–Kier alpha value is -2.78. The highest BCUT2D eigenvalue weighted by Crippen LogP contribution is 2.44. The maximum absolute atomic E-state index is 13.0. The fourth-order valence-corrected chi connectivity index (χ4v) is 2.09. The first kappa shape index (κ1) is 17.6. The lowest BCUT2D eigenvalue weighted by atomic mass is 9.99. The fourth-order valence-electron chi connectivity index (χ4n) is 2.09. The number of para-hydroxylation sites is 2. The van der Waals surface area contributed by atoms with E-state index >= 15 is 0 Å². The third-order valence-corrected chi connectivity index (χ3v) is 2.93. The molecule has 0 unspecified atom stereocenters. The minimum absolute atomic E-state index is 0.479. The Morgan fingerprint density at radius 1 is 0.875 bits per heavy atom. The maximum atomic E-state index is 13.0. The quantitative estimate of drug-likeness (QED) is 0.435. The second-order valence-corrected chi connectivity index (χ2v) is 4.50. The van der Waals surface area contributed by atoms with Crippen molar-refractivity contribution in [2.24, 2.45) is 0 Å². The zero-order valence-electron chi connectivity index (χ0n) is 11.5. The molecular weight excluding hydrogens is 344 g/mol. The summed E-state index contributed by atoms with van der Waals surface area (Å²) < 4.78 is 79.9. The molecule has 0 fully saturated rings. The van der Waals surface area contributed by atoms with Crippen molar-refractivity contribution in [1.29, 1.82) is 0 Å². The largest absolute Gasteiger partial charge is 0.573 e. The molecule has 128 valence electrons. The van der Waals surface area contributed by atoms with Gasteiger partial charge in [0.25, 0.3) is 5.69 Å². The molecule has 0 bridgehead atoms. The average molecular weight is 351 g/mol. The van der Waals surface area contributed by atoms with Gasteiger partial charge in [-0.15, -0.1) is 13.2 Å². The van der Waals surface area contributed by atoms with Crippen molar-refractivity contribution >= 4 is 5.69 Å². The van der Waals surface area contributed by atoms with E-state index < -0.39 is 45.6 Å². The van der Waals surface area contributed by atoms with E-state index in [1.807, 2.05) is 0 Å². The molecule has 0 spiro atoms. The van der Waals surface area contributed by atoms with Crippen LogP contribution in [0.1, 0.15) is 5.56 Å². The number of alkyl halides is 6. The van der Waals surface area contributed by atoms with Crippen molar-refractivity contribution in [3.63, 3.8) is 0 Å². The molecule has 0 aliphatic heterocycles. The second-order valence-electron chi connectivity index (χ2n) is 4.50. The van der Waals surface area contributed by atoms with Gasteiger partial charge in [-0.3, -0.25) is 10.1 Å². The first-order valence-corrected chi connectivity index (χ1v) is 6.20. The van der Waals surface area contributed by atoms with Gasteiger partial charge in [0.05, 0.1) is 10.5 Å². The molecule has 0 radical (unpaired) electrons. The summed E-state index contributed by atoms with van der Waals surface area (Å²) in [6, 6.07) is 6.51. The lowest BCUT2D eigenvalue weighted by Gasteiger charge is -2.15. The monoisotopic (exact) mass is 351 g/mol. The van der Waals surface area contributed by atoms with Crippen molar-refractivity contribution in [2.75, 3.05) is 0 Å². The number of benzene rings is 2. The average Bonchev–Trinajstić information content (AvgIpc) is 2.44. The van der Waals surface area contributed by atoms with Crippen molar-refractivity contribution < 1.29 is 36.0 Å². The standard InChI is InChI=1S/C14H7F6NO3/c15-13(16,17)10-6-3-5-9(12(10)21(22)23)8-4-1-2-7-11(8)24-14(18,19)20/h1-7H. The lowest BCUT2D eigenvalue weighted by Crippen LogP contribution is -2.17. The summed E-state index contributed by atoms with van der Waals surface area (Å²) in [7, 11) is 0. The molecular formula is C14H7F6NO3. The summed E-state index contributed by atoms with van der Waals surface area (Å²) in [5.41, 5.74) is -4.02. The number of nitro benzene ring substituents is 1. The molecule has 10 heteroatoms. The van der Waals surface area contributed by atoms with Crippen molar-refractivity contribution in [2.45, 2.75) is 12.5 Å². The Balaban J connectivity index is 2.73. The van der Waals surface area contributed by atoms with Crippen LogP contribution in [-0.4, -0.2) is 11.3 Å². The van der Waals surface area contributed by atoms with Crippen molar-refractivity contribution in [3.8, 4) is 16.9 Å². The first-order valence-electron chi connectivity index (χ1n) is 6.20. The summed E-state index contributed by atoms with van der Waals surface area (Å²) in [4.78, 5) is 9.81. The van der Waals surface area contributed by atoms with Gasteiger partial charge >= 0.3 is 12.5 Å². The van der Waals surface area contributed by atoms with Gasteiger partial charge in [0.15, 0.2) is 0 Å². The molecule has 2 aromatic carbocycles. The van der Waals surface area contributed by atoms with Gasteiger partial charge in [0.1, 0.15) is 11.3 Å². The van der Waals surface area contributed by atoms with Crippen LogP contribution in [0.4, 0.5) is 32.0 Å². The van der Waals surface area contributed by atoms with E-state index in [1.165, 1.54) is 6.07 Å². The van der Waals surface area contributed by atoms with Crippen LogP contribution in [0.15, 0.2) is 42.5 Å². The van der Waals surface area contributed by atoms with Crippen LogP contribution in [0.25, 0.3) is 11.1 Å². The Morgan fingerprint density at radius 3 is 2.00 bits per heavy atom. The number of hydrogen-bond acceptors (Lipinski definition) is 3. The van der Waals surface area contributed by atoms with E-state index in [4.69, 9.17) is 0 Å². The Labute approximate surface area is 130 Å². The molecule has 0 saturated heterocycles. The highest BCUT2D eigenvalue weighted by molar-refractivity contribution is 5.80. The molecule has 0 aliphatic carbocycles. The second kappa shape index (κ2) is 6.02. The summed E-state index contributed by atoms with van der Waals surface area (Å²) in [6.07, 6.45) is -10.1. The number of rotatable bonds is 3. The van der Waals surface area contributed by atoms with Crippen molar-refractivity contribution in [3.05, 3.63) is 58.1 Å². The molecule has 4 nitrogen and oxygen atoms in total. The van der Waals surface area contributed by atoms with Crippen LogP contribution in [0.2, 0.25) is 0 Å². The molecule has 2 rings (SSSR count). The molecule has 24 heavy (non-hydrogen) atoms. The number of nitrogens with zero attached hydrogens (tertiary/aromatic N) is 1. The predicted octanol–water partition coefficient (Wildman–Crippen LogP) is 5.18. The van der Waals surface area contributed by atoms with Crippen LogP contribution in [-0.2, 0) is 6.18 Å².